The average molecular weight is 237 g/mol. The fourth-order valence-electron chi connectivity index (χ4n) is 1.29. The summed E-state index contributed by atoms with van der Waals surface area (Å²) < 4.78 is 0. The third-order valence-electron chi connectivity index (χ3n) is 2.01. The first-order valence-corrected chi connectivity index (χ1v) is 4.40. The number of rotatable bonds is 3. The SMILES string of the molecule is CNC(=O)c1cccc([N+](=O)[O-])c1C(=O)N=O. The molecule has 1 rings (SSSR count). The van der Waals surface area contributed by atoms with Gasteiger partial charge in [0.15, 0.2) is 0 Å². The van der Waals surface area contributed by atoms with Gasteiger partial charge in [0.05, 0.1) is 10.5 Å². The average Bonchev–Trinajstić information content (AvgIpc) is 2.35. The van der Waals surface area contributed by atoms with Crippen LogP contribution < -0.4 is 5.32 Å². The van der Waals surface area contributed by atoms with Gasteiger partial charge in [0.25, 0.3) is 11.6 Å². The van der Waals surface area contributed by atoms with Gasteiger partial charge in [-0.1, -0.05) is 6.07 Å². The van der Waals surface area contributed by atoms with Crippen LogP contribution in [0.3, 0.4) is 0 Å². The molecule has 0 saturated carbocycles. The molecule has 1 aromatic rings. The molecule has 0 aliphatic carbocycles. The molecule has 0 fully saturated rings. The highest BCUT2D eigenvalue weighted by Gasteiger charge is 2.27. The second-order valence-electron chi connectivity index (χ2n) is 2.93. The van der Waals surface area contributed by atoms with E-state index < -0.39 is 28.0 Å². The van der Waals surface area contributed by atoms with Crippen LogP contribution >= 0.6 is 0 Å². The zero-order valence-electron chi connectivity index (χ0n) is 8.67. The van der Waals surface area contributed by atoms with E-state index in [4.69, 9.17) is 0 Å². The van der Waals surface area contributed by atoms with E-state index in [1.54, 1.807) is 0 Å². The predicted molar refractivity (Wildman–Crippen MR) is 56.6 cm³/mol. The summed E-state index contributed by atoms with van der Waals surface area (Å²) in [7, 11) is 1.30. The summed E-state index contributed by atoms with van der Waals surface area (Å²) in [4.78, 5) is 42.6. The Morgan fingerprint density at radius 3 is 2.53 bits per heavy atom. The zero-order valence-corrected chi connectivity index (χ0v) is 8.67. The van der Waals surface area contributed by atoms with E-state index in [1.807, 2.05) is 0 Å². The number of benzene rings is 1. The number of nitrogens with zero attached hydrogens (tertiary/aromatic N) is 2. The molecule has 17 heavy (non-hydrogen) atoms. The largest absolute Gasteiger partial charge is 0.355 e. The molecule has 8 nitrogen and oxygen atoms in total. The van der Waals surface area contributed by atoms with Crippen molar-refractivity contribution < 1.29 is 14.5 Å². The smallest absolute Gasteiger partial charge is 0.324 e. The highest BCUT2D eigenvalue weighted by atomic mass is 16.6. The minimum Gasteiger partial charge on any atom is -0.355 e. The maximum atomic E-state index is 11.4. The Labute approximate surface area is 94.7 Å². The summed E-state index contributed by atoms with van der Waals surface area (Å²) in [5.41, 5.74) is -1.49. The summed E-state index contributed by atoms with van der Waals surface area (Å²) in [5, 5.41) is 15.0. The molecule has 0 aliphatic rings. The summed E-state index contributed by atoms with van der Waals surface area (Å²) in [6.07, 6.45) is 0. The standard InChI is InChI=1S/C9H7N3O5/c1-10-8(13)5-3-2-4-6(12(16)17)7(5)9(14)11-15/h2-4H,1H3,(H,10,13). The van der Waals surface area contributed by atoms with E-state index in [0.29, 0.717) is 0 Å². The highest BCUT2D eigenvalue weighted by Crippen LogP contribution is 2.23. The van der Waals surface area contributed by atoms with Gasteiger partial charge in [-0.2, -0.15) is 0 Å². The van der Waals surface area contributed by atoms with Crippen LogP contribution in [0, 0.1) is 15.0 Å². The van der Waals surface area contributed by atoms with Crippen molar-refractivity contribution in [3.8, 4) is 0 Å². The van der Waals surface area contributed by atoms with Crippen LogP contribution in [0.5, 0.6) is 0 Å². The highest BCUT2D eigenvalue weighted by molar-refractivity contribution is 6.10. The van der Waals surface area contributed by atoms with Crippen molar-refractivity contribution in [1.29, 1.82) is 0 Å². The first-order chi connectivity index (χ1) is 8.02. The molecule has 0 atom stereocenters. The lowest BCUT2D eigenvalue weighted by molar-refractivity contribution is -0.385. The maximum absolute atomic E-state index is 11.4. The van der Waals surface area contributed by atoms with Crippen molar-refractivity contribution in [3.63, 3.8) is 0 Å². The van der Waals surface area contributed by atoms with Gasteiger partial charge in [-0.3, -0.25) is 19.7 Å². The van der Waals surface area contributed by atoms with Crippen LogP contribution in [-0.4, -0.2) is 23.8 Å². The molecule has 1 aromatic carbocycles. The molecule has 0 radical (unpaired) electrons. The van der Waals surface area contributed by atoms with Crippen LogP contribution in [0.15, 0.2) is 23.4 Å². The Bertz CT molecular complexity index is 511. The summed E-state index contributed by atoms with van der Waals surface area (Å²) >= 11 is 0. The second kappa shape index (κ2) is 4.92. The predicted octanol–water partition coefficient (Wildman–Crippen LogP) is 0.861. The summed E-state index contributed by atoms with van der Waals surface area (Å²) in [5.74, 6) is -2.06. The summed E-state index contributed by atoms with van der Waals surface area (Å²) in [6.45, 7) is 0. The molecule has 0 bridgehead atoms. The molecule has 88 valence electrons. The van der Waals surface area contributed by atoms with Crippen LogP contribution in [0.25, 0.3) is 0 Å². The molecule has 0 aliphatic heterocycles. The minimum atomic E-state index is -1.35. The van der Waals surface area contributed by atoms with Crippen LogP contribution in [-0.2, 0) is 0 Å². The number of nitro groups is 1. The van der Waals surface area contributed by atoms with Gasteiger partial charge in [0.1, 0.15) is 5.56 Å². The lowest BCUT2D eigenvalue weighted by Crippen LogP contribution is -2.21. The molecular weight excluding hydrogens is 230 g/mol. The molecule has 2 amide bonds. The van der Waals surface area contributed by atoms with Crippen molar-refractivity contribution in [3.05, 3.63) is 44.3 Å². The Balaban J connectivity index is 3.55. The number of carbonyl (C=O) groups is 2. The molecule has 0 saturated heterocycles. The van der Waals surface area contributed by atoms with Crippen LogP contribution in [0.1, 0.15) is 20.7 Å². The van der Waals surface area contributed by atoms with Gasteiger partial charge in [-0.15, -0.1) is 4.91 Å². The van der Waals surface area contributed by atoms with Crippen molar-refractivity contribution >= 4 is 17.5 Å². The molecule has 0 aromatic heterocycles. The topological polar surface area (TPSA) is 119 Å². The van der Waals surface area contributed by atoms with Gasteiger partial charge in [0, 0.05) is 18.3 Å². The Kier molecular flexibility index (Phi) is 3.60. The normalized spacial score (nSPS) is 9.47. The number of nitro benzene ring substituents is 1. The second-order valence-corrected chi connectivity index (χ2v) is 2.93. The van der Waals surface area contributed by atoms with Gasteiger partial charge < -0.3 is 5.32 Å². The van der Waals surface area contributed by atoms with Gasteiger partial charge in [0.2, 0.25) is 0 Å². The maximum Gasteiger partial charge on any atom is 0.324 e. The van der Waals surface area contributed by atoms with Gasteiger partial charge in [-0.05, 0) is 6.07 Å². The van der Waals surface area contributed by atoms with Gasteiger partial charge >= 0.3 is 5.91 Å². The molecule has 1 N–H and O–H groups in total. The fraction of sp³-hybridized carbons (Fsp3) is 0.111. The zero-order chi connectivity index (χ0) is 13.0. The Morgan fingerprint density at radius 2 is 2.06 bits per heavy atom. The van der Waals surface area contributed by atoms with E-state index in [9.17, 15) is 24.6 Å². The lowest BCUT2D eigenvalue weighted by Gasteiger charge is -2.04. The van der Waals surface area contributed by atoms with E-state index in [0.717, 1.165) is 6.07 Å². The number of carbonyl (C=O) groups excluding carboxylic acids is 2. The number of hydrogen-bond acceptors (Lipinski definition) is 5. The third-order valence-corrected chi connectivity index (χ3v) is 2.01. The number of amides is 2. The van der Waals surface area contributed by atoms with Crippen LogP contribution in [0.4, 0.5) is 5.69 Å². The fourth-order valence-corrected chi connectivity index (χ4v) is 1.29. The Hall–Kier alpha value is -2.64. The van der Waals surface area contributed by atoms with Crippen molar-refractivity contribution in [2.45, 2.75) is 0 Å². The van der Waals surface area contributed by atoms with E-state index >= 15 is 0 Å². The summed E-state index contributed by atoms with van der Waals surface area (Å²) in [6, 6.07) is 3.46. The number of hydrogen-bond donors (Lipinski definition) is 1. The van der Waals surface area contributed by atoms with Crippen molar-refractivity contribution in [2.24, 2.45) is 5.18 Å². The Morgan fingerprint density at radius 1 is 1.41 bits per heavy atom. The molecule has 8 heteroatoms. The quantitative estimate of drug-likeness (QED) is 0.475. The number of nitrogens with one attached hydrogen (secondary N) is 1. The molecular formula is C9H7N3O5. The molecule has 0 heterocycles. The number of nitroso groups, excluding NO2 is 1. The third kappa shape index (κ3) is 2.30. The van der Waals surface area contributed by atoms with Crippen molar-refractivity contribution in [2.75, 3.05) is 7.05 Å². The van der Waals surface area contributed by atoms with Gasteiger partial charge in [-0.25, -0.2) is 0 Å². The van der Waals surface area contributed by atoms with Crippen LogP contribution in [0.2, 0.25) is 0 Å². The van der Waals surface area contributed by atoms with E-state index in [1.165, 1.54) is 19.2 Å². The molecule has 0 unspecified atom stereocenters. The van der Waals surface area contributed by atoms with E-state index in [-0.39, 0.29) is 5.56 Å². The minimum absolute atomic E-state index is 0.258. The lowest BCUT2D eigenvalue weighted by atomic mass is 10.0. The monoisotopic (exact) mass is 237 g/mol. The molecule has 0 spiro atoms. The van der Waals surface area contributed by atoms with E-state index in [2.05, 4.69) is 10.5 Å². The first-order valence-electron chi connectivity index (χ1n) is 4.40. The van der Waals surface area contributed by atoms with Crippen molar-refractivity contribution in [1.82, 2.24) is 5.32 Å². The first kappa shape index (κ1) is 12.4.